The summed E-state index contributed by atoms with van der Waals surface area (Å²) in [7, 11) is 0. The lowest BCUT2D eigenvalue weighted by Crippen LogP contribution is -2.02. The fourth-order valence-electron chi connectivity index (χ4n) is 1.05. The number of ketones is 2. The molecule has 0 N–H and O–H groups in total. The van der Waals surface area contributed by atoms with Crippen LogP contribution in [0.1, 0.15) is 40.4 Å². The number of Topliss-reactive ketones (excluding diaryl/α,β-unsaturated/α-hetero) is 2. The van der Waals surface area contributed by atoms with Gasteiger partial charge in [-0.1, -0.05) is 0 Å². The van der Waals surface area contributed by atoms with Crippen LogP contribution in [-0.2, 0) is 0 Å². The molecule has 1 rings (SSSR count). The summed E-state index contributed by atoms with van der Waals surface area (Å²) >= 11 is 0. The molecule has 0 saturated heterocycles. The molecule has 3 heteroatoms. The number of carbonyl (C=O) groups is 2. The monoisotopic (exact) mass is 177 g/mol. The molecule has 0 saturated carbocycles. The van der Waals surface area contributed by atoms with Crippen molar-refractivity contribution in [2.45, 2.75) is 20.8 Å². The summed E-state index contributed by atoms with van der Waals surface area (Å²) in [4.78, 5) is 26.0. The molecule has 0 spiro atoms. The van der Waals surface area contributed by atoms with Gasteiger partial charge in [0.2, 0.25) is 0 Å². The fraction of sp³-hybridized carbons (Fsp3) is 0.300. The minimum atomic E-state index is -0.119. The van der Waals surface area contributed by atoms with Gasteiger partial charge in [-0.05, 0) is 26.0 Å². The molecule has 0 radical (unpaired) electrons. The van der Waals surface area contributed by atoms with Gasteiger partial charge in [-0.3, -0.25) is 9.59 Å². The molecule has 0 fully saturated rings. The van der Waals surface area contributed by atoms with E-state index in [0.29, 0.717) is 17.0 Å². The highest BCUT2D eigenvalue weighted by Crippen LogP contribution is 2.06. The molecular weight excluding hydrogens is 166 g/mol. The molecule has 1 aromatic heterocycles. The summed E-state index contributed by atoms with van der Waals surface area (Å²) in [5.41, 5.74) is 1.58. The van der Waals surface area contributed by atoms with Crippen molar-refractivity contribution in [1.29, 1.82) is 0 Å². The number of carbonyl (C=O) groups excluding carboxylic acids is 2. The van der Waals surface area contributed by atoms with Gasteiger partial charge in [-0.2, -0.15) is 0 Å². The molecule has 3 nitrogen and oxygen atoms in total. The number of rotatable bonds is 2. The molecule has 0 aliphatic carbocycles. The Bertz CT molecular complexity index is 337. The second kappa shape index (κ2) is 3.47. The Morgan fingerprint density at radius 1 is 1.15 bits per heavy atom. The van der Waals surface area contributed by atoms with E-state index in [2.05, 4.69) is 4.98 Å². The van der Waals surface area contributed by atoms with E-state index < -0.39 is 0 Å². The Hall–Kier alpha value is -1.51. The molecule has 0 bridgehead atoms. The number of aryl methyl sites for hydroxylation is 1. The van der Waals surface area contributed by atoms with E-state index in [1.807, 2.05) is 0 Å². The highest BCUT2D eigenvalue weighted by atomic mass is 16.1. The highest BCUT2D eigenvalue weighted by Gasteiger charge is 2.06. The summed E-state index contributed by atoms with van der Waals surface area (Å²) in [6, 6.07) is 3.20. The minimum Gasteiger partial charge on any atom is -0.295 e. The second-order valence-electron chi connectivity index (χ2n) is 2.99. The zero-order valence-electron chi connectivity index (χ0n) is 7.92. The van der Waals surface area contributed by atoms with Gasteiger partial charge in [0, 0.05) is 18.2 Å². The molecule has 0 atom stereocenters. The zero-order chi connectivity index (χ0) is 10.0. The van der Waals surface area contributed by atoms with E-state index in [-0.39, 0.29) is 11.6 Å². The van der Waals surface area contributed by atoms with Crippen molar-refractivity contribution in [3.8, 4) is 0 Å². The second-order valence-corrected chi connectivity index (χ2v) is 2.99. The predicted octanol–water partition coefficient (Wildman–Crippen LogP) is 1.80. The van der Waals surface area contributed by atoms with Crippen LogP contribution in [-0.4, -0.2) is 16.6 Å². The van der Waals surface area contributed by atoms with Crippen LogP contribution in [0.15, 0.2) is 12.1 Å². The molecule has 1 aromatic rings. The van der Waals surface area contributed by atoms with Crippen LogP contribution in [0.4, 0.5) is 0 Å². The summed E-state index contributed by atoms with van der Waals surface area (Å²) < 4.78 is 0. The van der Waals surface area contributed by atoms with Gasteiger partial charge in [0.15, 0.2) is 11.6 Å². The molecule has 0 amide bonds. The Balaban J connectivity index is 3.26. The van der Waals surface area contributed by atoms with Crippen LogP contribution in [0, 0.1) is 6.92 Å². The highest BCUT2D eigenvalue weighted by molar-refractivity contribution is 5.98. The van der Waals surface area contributed by atoms with Gasteiger partial charge in [0.05, 0.1) is 0 Å². The van der Waals surface area contributed by atoms with Gasteiger partial charge in [0.25, 0.3) is 0 Å². The SMILES string of the molecule is CC(=O)c1cc(C)nc(C(C)=O)c1. The molecule has 0 unspecified atom stereocenters. The first kappa shape index (κ1) is 9.58. The molecule has 0 aliphatic heterocycles. The molecular formula is C10H11NO2. The number of nitrogens with zero attached hydrogens (tertiary/aromatic N) is 1. The molecule has 68 valence electrons. The summed E-state index contributed by atoms with van der Waals surface area (Å²) in [6.07, 6.45) is 0. The summed E-state index contributed by atoms with van der Waals surface area (Å²) in [5.74, 6) is -0.167. The fourth-order valence-corrected chi connectivity index (χ4v) is 1.05. The molecule has 1 heterocycles. The summed E-state index contributed by atoms with van der Waals surface area (Å²) in [5, 5.41) is 0. The van der Waals surface area contributed by atoms with E-state index in [0.717, 1.165) is 0 Å². The molecule has 0 aromatic carbocycles. The first-order chi connectivity index (χ1) is 6.00. The normalized spacial score (nSPS) is 9.77. The molecule has 13 heavy (non-hydrogen) atoms. The summed E-state index contributed by atoms with van der Waals surface area (Å²) in [6.45, 7) is 4.67. The Morgan fingerprint density at radius 2 is 1.77 bits per heavy atom. The van der Waals surface area contributed by atoms with Crippen LogP contribution in [0.2, 0.25) is 0 Å². The topological polar surface area (TPSA) is 47.0 Å². The first-order valence-corrected chi connectivity index (χ1v) is 4.01. The van der Waals surface area contributed by atoms with Gasteiger partial charge < -0.3 is 0 Å². The predicted molar refractivity (Wildman–Crippen MR) is 49.0 cm³/mol. The largest absolute Gasteiger partial charge is 0.295 e. The Kier molecular flexibility index (Phi) is 2.56. The quantitative estimate of drug-likeness (QED) is 0.647. The smallest absolute Gasteiger partial charge is 0.178 e. The maximum atomic E-state index is 11.0. The Morgan fingerprint density at radius 3 is 2.23 bits per heavy atom. The van der Waals surface area contributed by atoms with Crippen molar-refractivity contribution >= 4 is 11.6 Å². The average molecular weight is 177 g/mol. The lowest BCUT2D eigenvalue weighted by molar-refractivity contribution is 0.101. The number of hydrogen-bond donors (Lipinski definition) is 0. The van der Waals surface area contributed by atoms with Crippen LogP contribution in [0.25, 0.3) is 0 Å². The van der Waals surface area contributed by atoms with Crippen LogP contribution in [0.3, 0.4) is 0 Å². The Labute approximate surface area is 76.8 Å². The van der Waals surface area contributed by atoms with Gasteiger partial charge in [-0.25, -0.2) is 4.98 Å². The van der Waals surface area contributed by atoms with Crippen molar-refractivity contribution in [2.75, 3.05) is 0 Å². The maximum absolute atomic E-state index is 11.0. The van der Waals surface area contributed by atoms with Crippen molar-refractivity contribution < 1.29 is 9.59 Å². The minimum absolute atomic E-state index is 0.0481. The van der Waals surface area contributed by atoms with Gasteiger partial charge in [-0.15, -0.1) is 0 Å². The van der Waals surface area contributed by atoms with Crippen molar-refractivity contribution in [3.63, 3.8) is 0 Å². The van der Waals surface area contributed by atoms with Crippen LogP contribution in [0.5, 0.6) is 0 Å². The lowest BCUT2D eigenvalue weighted by Gasteiger charge is -2.00. The van der Waals surface area contributed by atoms with Gasteiger partial charge in [0.1, 0.15) is 5.69 Å². The van der Waals surface area contributed by atoms with E-state index in [1.165, 1.54) is 19.9 Å². The zero-order valence-corrected chi connectivity index (χ0v) is 7.92. The standard InChI is InChI=1S/C10H11NO2/c1-6-4-9(7(2)12)5-10(11-6)8(3)13/h4-5H,1-3H3. The van der Waals surface area contributed by atoms with Crippen molar-refractivity contribution in [2.24, 2.45) is 0 Å². The van der Waals surface area contributed by atoms with E-state index in [4.69, 9.17) is 0 Å². The molecule has 0 aliphatic rings. The van der Waals surface area contributed by atoms with Gasteiger partial charge >= 0.3 is 0 Å². The number of pyridine rings is 1. The van der Waals surface area contributed by atoms with E-state index in [9.17, 15) is 9.59 Å². The number of hydrogen-bond acceptors (Lipinski definition) is 3. The van der Waals surface area contributed by atoms with Crippen LogP contribution < -0.4 is 0 Å². The van der Waals surface area contributed by atoms with E-state index >= 15 is 0 Å². The maximum Gasteiger partial charge on any atom is 0.178 e. The third kappa shape index (κ3) is 2.21. The first-order valence-electron chi connectivity index (χ1n) is 4.01. The van der Waals surface area contributed by atoms with Crippen molar-refractivity contribution in [1.82, 2.24) is 4.98 Å². The van der Waals surface area contributed by atoms with E-state index in [1.54, 1.807) is 13.0 Å². The lowest BCUT2D eigenvalue weighted by atomic mass is 10.1. The third-order valence-corrected chi connectivity index (χ3v) is 1.72. The third-order valence-electron chi connectivity index (χ3n) is 1.72. The van der Waals surface area contributed by atoms with Crippen molar-refractivity contribution in [3.05, 3.63) is 29.1 Å². The number of aromatic nitrogens is 1. The average Bonchev–Trinajstić information content (AvgIpc) is 2.03. The van der Waals surface area contributed by atoms with Crippen LogP contribution >= 0.6 is 0 Å².